The largest absolute Gasteiger partial charge is 0.505 e. The van der Waals surface area contributed by atoms with Gasteiger partial charge in [-0.05, 0) is 36.8 Å². The van der Waals surface area contributed by atoms with Gasteiger partial charge in [0.15, 0.2) is 0 Å². The Morgan fingerprint density at radius 3 is 2.61 bits per heavy atom. The molecule has 7 nitrogen and oxygen atoms in total. The number of carbonyl (C=O) groups excluding carboxylic acids is 1. The Hall–Kier alpha value is -3.78. The summed E-state index contributed by atoms with van der Waals surface area (Å²) in [4.78, 5) is 12.8. The maximum atomic E-state index is 14.3. The van der Waals surface area contributed by atoms with Crippen LogP contribution < -0.4 is 22.1 Å². The average Bonchev–Trinajstić information content (AvgIpc) is 2.76. The van der Waals surface area contributed by atoms with Gasteiger partial charge in [0.2, 0.25) is 5.91 Å². The van der Waals surface area contributed by atoms with Gasteiger partial charge in [-0.2, -0.15) is 0 Å². The summed E-state index contributed by atoms with van der Waals surface area (Å²) in [5, 5.41) is 24.3. The summed E-state index contributed by atoms with van der Waals surface area (Å²) in [6.07, 6.45) is -0.192. The van der Waals surface area contributed by atoms with Crippen molar-refractivity contribution in [3.05, 3.63) is 76.1 Å². The van der Waals surface area contributed by atoms with E-state index in [-0.39, 0.29) is 35.7 Å². The van der Waals surface area contributed by atoms with Crippen molar-refractivity contribution in [2.75, 3.05) is 17.6 Å². The molecule has 0 aromatic heterocycles. The molecule has 0 aliphatic heterocycles. The number of amides is 1. The number of phenolic OH excluding ortho intramolecular Hbond substituents is 1. The van der Waals surface area contributed by atoms with Gasteiger partial charge >= 0.3 is 0 Å². The van der Waals surface area contributed by atoms with Crippen LogP contribution in [0.15, 0.2) is 48.5 Å². The zero-order valence-electron chi connectivity index (χ0n) is 18.0. The summed E-state index contributed by atoms with van der Waals surface area (Å²) in [5.74, 6) is -1.35. The molecule has 3 rings (SSSR count). The number of anilines is 2. The minimum absolute atomic E-state index is 0.0716. The van der Waals surface area contributed by atoms with Crippen molar-refractivity contribution in [2.45, 2.75) is 19.9 Å². The van der Waals surface area contributed by atoms with E-state index < -0.39 is 11.7 Å². The van der Waals surface area contributed by atoms with Crippen molar-refractivity contribution >= 4 is 34.7 Å². The molecular formula is C24H25ClFN5O2. The van der Waals surface area contributed by atoms with Gasteiger partial charge in [0, 0.05) is 41.0 Å². The molecule has 3 aromatic rings. The van der Waals surface area contributed by atoms with Crippen LogP contribution in [-0.2, 0) is 17.8 Å². The Labute approximate surface area is 196 Å². The first-order valence-corrected chi connectivity index (χ1v) is 10.6. The molecule has 0 aliphatic carbocycles. The monoisotopic (exact) mass is 469 g/mol. The van der Waals surface area contributed by atoms with Crippen molar-refractivity contribution in [3.63, 3.8) is 0 Å². The molecular weight excluding hydrogens is 445 g/mol. The predicted molar refractivity (Wildman–Crippen MR) is 130 cm³/mol. The number of hydrogen-bond donors (Lipinski definition) is 6. The second-order valence-electron chi connectivity index (χ2n) is 7.44. The third kappa shape index (κ3) is 5.53. The SMILES string of the molecule is CCNc1cc(Cl)c(-c2cccc(N)c2)c(CC(=O)NCc2ccc(C(=N)N)cc2F)c1O. The Morgan fingerprint density at radius 2 is 1.97 bits per heavy atom. The first kappa shape index (κ1) is 23.9. The molecule has 0 heterocycles. The number of benzene rings is 3. The molecule has 8 N–H and O–H groups in total. The summed E-state index contributed by atoms with van der Waals surface area (Å²) < 4.78 is 14.3. The third-order valence-electron chi connectivity index (χ3n) is 5.07. The van der Waals surface area contributed by atoms with Crippen molar-refractivity contribution < 1.29 is 14.3 Å². The van der Waals surface area contributed by atoms with Crippen LogP contribution in [0.4, 0.5) is 15.8 Å². The minimum Gasteiger partial charge on any atom is -0.505 e. The highest BCUT2D eigenvalue weighted by atomic mass is 35.5. The number of hydrogen-bond acceptors (Lipinski definition) is 5. The number of halogens is 2. The van der Waals surface area contributed by atoms with Crippen LogP contribution in [0.5, 0.6) is 5.75 Å². The fourth-order valence-electron chi connectivity index (χ4n) is 3.47. The lowest BCUT2D eigenvalue weighted by Gasteiger charge is -2.18. The van der Waals surface area contributed by atoms with Gasteiger partial charge < -0.3 is 27.2 Å². The number of phenols is 1. The van der Waals surface area contributed by atoms with Gasteiger partial charge in [-0.25, -0.2) is 4.39 Å². The summed E-state index contributed by atoms with van der Waals surface area (Å²) in [6, 6.07) is 12.7. The number of aromatic hydroxyl groups is 1. The second kappa shape index (κ2) is 10.2. The first-order chi connectivity index (χ1) is 15.7. The highest BCUT2D eigenvalue weighted by Crippen LogP contribution is 2.42. The number of rotatable bonds is 8. The highest BCUT2D eigenvalue weighted by Gasteiger charge is 2.21. The summed E-state index contributed by atoms with van der Waals surface area (Å²) >= 11 is 6.55. The van der Waals surface area contributed by atoms with E-state index in [2.05, 4.69) is 10.6 Å². The van der Waals surface area contributed by atoms with Crippen LogP contribution in [0.1, 0.15) is 23.6 Å². The summed E-state index contributed by atoms with van der Waals surface area (Å²) in [7, 11) is 0. The van der Waals surface area contributed by atoms with E-state index >= 15 is 0 Å². The molecule has 1 amide bonds. The Kier molecular flexibility index (Phi) is 7.40. The van der Waals surface area contributed by atoms with Crippen molar-refractivity contribution in [1.29, 1.82) is 5.41 Å². The molecule has 0 unspecified atom stereocenters. The van der Waals surface area contributed by atoms with Crippen LogP contribution in [0.3, 0.4) is 0 Å². The second-order valence-corrected chi connectivity index (χ2v) is 7.84. The van der Waals surface area contributed by atoms with Crippen LogP contribution >= 0.6 is 11.6 Å². The average molecular weight is 470 g/mol. The number of carbonyl (C=O) groups is 1. The molecule has 0 bridgehead atoms. The molecule has 0 radical (unpaired) electrons. The fourth-order valence-corrected chi connectivity index (χ4v) is 3.80. The molecule has 9 heteroatoms. The molecule has 0 spiro atoms. The Bertz CT molecular complexity index is 1220. The highest BCUT2D eigenvalue weighted by molar-refractivity contribution is 6.34. The zero-order valence-corrected chi connectivity index (χ0v) is 18.8. The molecule has 0 saturated heterocycles. The predicted octanol–water partition coefficient (Wildman–Crippen LogP) is 4.01. The van der Waals surface area contributed by atoms with Crippen LogP contribution in [-0.4, -0.2) is 23.4 Å². The maximum absolute atomic E-state index is 14.3. The molecule has 3 aromatic carbocycles. The van der Waals surface area contributed by atoms with Gasteiger partial charge in [0.05, 0.1) is 17.1 Å². The maximum Gasteiger partial charge on any atom is 0.224 e. The quantitative estimate of drug-likeness (QED) is 0.128. The smallest absolute Gasteiger partial charge is 0.224 e. The zero-order chi connectivity index (χ0) is 24.1. The van der Waals surface area contributed by atoms with E-state index in [9.17, 15) is 14.3 Å². The summed E-state index contributed by atoms with van der Waals surface area (Å²) in [5.41, 5.74) is 14.2. The molecule has 172 valence electrons. The Morgan fingerprint density at radius 1 is 1.21 bits per heavy atom. The van der Waals surface area contributed by atoms with Gasteiger partial charge in [0.25, 0.3) is 0 Å². The number of nitrogen functional groups attached to an aromatic ring is 2. The molecule has 0 fully saturated rings. The van der Waals surface area contributed by atoms with E-state index in [0.717, 1.165) is 6.07 Å². The normalized spacial score (nSPS) is 10.6. The molecule has 0 atom stereocenters. The van der Waals surface area contributed by atoms with Gasteiger partial charge in [-0.15, -0.1) is 0 Å². The lowest BCUT2D eigenvalue weighted by Crippen LogP contribution is -2.25. The number of nitrogens with one attached hydrogen (secondary N) is 3. The van der Waals surface area contributed by atoms with Crippen LogP contribution in [0, 0.1) is 11.2 Å². The van der Waals surface area contributed by atoms with Crippen LogP contribution in [0.25, 0.3) is 11.1 Å². The van der Waals surface area contributed by atoms with E-state index in [1.165, 1.54) is 12.1 Å². The lowest BCUT2D eigenvalue weighted by atomic mass is 9.95. The van der Waals surface area contributed by atoms with E-state index in [1.807, 2.05) is 6.92 Å². The molecule has 0 aliphatic rings. The number of nitrogens with two attached hydrogens (primary N) is 2. The van der Waals surface area contributed by atoms with Crippen LogP contribution in [0.2, 0.25) is 5.02 Å². The summed E-state index contributed by atoms with van der Waals surface area (Å²) in [6.45, 7) is 2.35. The lowest BCUT2D eigenvalue weighted by molar-refractivity contribution is -0.120. The number of amidine groups is 1. The van der Waals surface area contributed by atoms with E-state index in [0.29, 0.717) is 39.6 Å². The van der Waals surface area contributed by atoms with E-state index in [1.54, 1.807) is 30.3 Å². The van der Waals surface area contributed by atoms with E-state index in [4.69, 9.17) is 28.5 Å². The van der Waals surface area contributed by atoms with Gasteiger partial charge in [-0.3, -0.25) is 10.2 Å². The molecule has 0 saturated carbocycles. The van der Waals surface area contributed by atoms with Gasteiger partial charge in [-0.1, -0.05) is 35.9 Å². The third-order valence-corrected chi connectivity index (χ3v) is 5.37. The fraction of sp³-hybridized carbons (Fsp3) is 0.167. The van der Waals surface area contributed by atoms with Gasteiger partial charge in [0.1, 0.15) is 17.4 Å². The topological polar surface area (TPSA) is 137 Å². The molecule has 33 heavy (non-hydrogen) atoms. The van der Waals surface area contributed by atoms with Crippen molar-refractivity contribution in [3.8, 4) is 16.9 Å². The first-order valence-electron chi connectivity index (χ1n) is 10.2. The van der Waals surface area contributed by atoms with Crippen molar-refractivity contribution in [2.24, 2.45) is 5.73 Å². The van der Waals surface area contributed by atoms with Crippen molar-refractivity contribution in [1.82, 2.24) is 5.32 Å². The Balaban J connectivity index is 1.90. The standard InChI is InChI=1S/C24H25ClFN5O2/c1-2-30-20-11-18(25)22(13-4-3-5-16(27)8-13)17(23(20)33)10-21(32)31-12-15-7-6-14(24(28)29)9-19(15)26/h3-9,11,30,33H,2,10,12,27H2,1H3,(H3,28,29)(H,31,32). The minimum atomic E-state index is -0.580.